The van der Waals surface area contributed by atoms with E-state index in [1.807, 2.05) is 0 Å². The third-order valence-electron chi connectivity index (χ3n) is 1.55. The molecule has 0 aliphatic rings. The van der Waals surface area contributed by atoms with Crippen molar-refractivity contribution in [2.45, 2.75) is 19.4 Å². The van der Waals surface area contributed by atoms with Gasteiger partial charge in [0.2, 0.25) is 0 Å². The van der Waals surface area contributed by atoms with Gasteiger partial charge in [0.05, 0.1) is 0 Å². The van der Waals surface area contributed by atoms with Crippen molar-refractivity contribution in [1.82, 2.24) is 9.78 Å². The summed E-state index contributed by atoms with van der Waals surface area (Å²) in [5, 5.41) is 3.76. The highest BCUT2D eigenvalue weighted by Crippen LogP contribution is 2.17. The molecule has 3 nitrogen and oxygen atoms in total. The molecule has 0 aliphatic heterocycles. The number of rotatable bonds is 4. The van der Waals surface area contributed by atoms with Gasteiger partial charge in [-0.3, -0.25) is 4.68 Å². The van der Waals surface area contributed by atoms with E-state index in [2.05, 4.69) is 5.10 Å². The molecule has 12 heavy (non-hydrogen) atoms. The average molecular weight is 175 g/mol. The average Bonchev–Trinajstić information content (AvgIpc) is 2.48. The van der Waals surface area contributed by atoms with Crippen LogP contribution in [0, 0.1) is 0 Å². The Kier molecular flexibility index (Phi) is 3.16. The summed E-state index contributed by atoms with van der Waals surface area (Å²) in [5.74, 6) is 0. The largest absolute Gasteiger partial charge is 0.330 e. The van der Waals surface area contributed by atoms with Gasteiger partial charge in [0.1, 0.15) is 5.69 Å². The number of alkyl halides is 2. The van der Waals surface area contributed by atoms with Gasteiger partial charge in [0.25, 0.3) is 6.43 Å². The van der Waals surface area contributed by atoms with Crippen molar-refractivity contribution in [3.05, 3.63) is 18.0 Å². The number of nitrogens with two attached hydrogens (primary N) is 1. The Labute approximate surface area is 69.2 Å². The molecule has 1 aromatic rings. The molecule has 1 heterocycles. The molecule has 0 aromatic carbocycles. The fourth-order valence-electron chi connectivity index (χ4n) is 0.956. The van der Waals surface area contributed by atoms with Crippen LogP contribution in [0.5, 0.6) is 0 Å². The summed E-state index contributed by atoms with van der Waals surface area (Å²) in [6, 6.07) is 1.32. The molecule has 68 valence electrons. The molecule has 0 amide bonds. The number of nitrogens with zero attached hydrogens (tertiary/aromatic N) is 2. The summed E-state index contributed by atoms with van der Waals surface area (Å²) in [6.45, 7) is 0.950. The van der Waals surface area contributed by atoms with E-state index in [-0.39, 0.29) is 5.69 Å². The molecule has 2 N–H and O–H groups in total. The van der Waals surface area contributed by atoms with Gasteiger partial charge < -0.3 is 5.73 Å². The first kappa shape index (κ1) is 9.12. The second-order valence-corrected chi connectivity index (χ2v) is 2.42. The van der Waals surface area contributed by atoms with Crippen LogP contribution in [0.2, 0.25) is 0 Å². The van der Waals surface area contributed by atoms with Crippen molar-refractivity contribution < 1.29 is 8.78 Å². The fraction of sp³-hybridized carbons (Fsp3) is 0.571. The van der Waals surface area contributed by atoms with Crippen LogP contribution in [0.3, 0.4) is 0 Å². The first-order valence-corrected chi connectivity index (χ1v) is 3.75. The van der Waals surface area contributed by atoms with Crippen LogP contribution in [0.15, 0.2) is 12.3 Å². The minimum Gasteiger partial charge on any atom is -0.330 e. The zero-order valence-electron chi connectivity index (χ0n) is 6.58. The van der Waals surface area contributed by atoms with E-state index in [0.29, 0.717) is 19.5 Å². The second-order valence-electron chi connectivity index (χ2n) is 2.42. The predicted octanol–water partition coefficient (Wildman–Crippen LogP) is 1.17. The highest BCUT2D eigenvalue weighted by atomic mass is 19.3. The van der Waals surface area contributed by atoms with Gasteiger partial charge in [-0.1, -0.05) is 0 Å². The Morgan fingerprint density at radius 2 is 2.33 bits per heavy atom. The first-order valence-electron chi connectivity index (χ1n) is 3.75. The standard InChI is InChI=1S/C7H11F2N3/c8-7(9)6-2-4-11-12(6)5-1-3-10/h2,4,7H,1,3,5,10H2. The highest BCUT2D eigenvalue weighted by molar-refractivity contribution is 5.01. The van der Waals surface area contributed by atoms with E-state index in [1.165, 1.54) is 16.9 Å². The normalized spacial score (nSPS) is 11.0. The van der Waals surface area contributed by atoms with E-state index < -0.39 is 6.43 Å². The van der Waals surface area contributed by atoms with Crippen LogP contribution in [-0.4, -0.2) is 16.3 Å². The molecule has 0 unspecified atom stereocenters. The maximum atomic E-state index is 12.2. The minimum absolute atomic E-state index is 0.0385. The van der Waals surface area contributed by atoms with Crippen molar-refractivity contribution in [3.8, 4) is 0 Å². The van der Waals surface area contributed by atoms with Crippen molar-refractivity contribution in [2.24, 2.45) is 5.73 Å². The summed E-state index contributed by atoms with van der Waals surface area (Å²) < 4.78 is 25.7. The van der Waals surface area contributed by atoms with Crippen LogP contribution in [0.1, 0.15) is 18.5 Å². The van der Waals surface area contributed by atoms with E-state index in [9.17, 15) is 8.78 Å². The lowest BCUT2D eigenvalue weighted by Crippen LogP contribution is -2.09. The summed E-state index contributed by atoms with van der Waals surface area (Å²) in [4.78, 5) is 0. The summed E-state index contributed by atoms with van der Waals surface area (Å²) in [6.07, 6.45) is -0.412. The smallest absolute Gasteiger partial charge is 0.280 e. The van der Waals surface area contributed by atoms with Crippen molar-refractivity contribution in [1.29, 1.82) is 0 Å². The lowest BCUT2D eigenvalue weighted by molar-refractivity contribution is 0.139. The van der Waals surface area contributed by atoms with Crippen LogP contribution >= 0.6 is 0 Å². The molecule has 0 radical (unpaired) electrons. The minimum atomic E-state index is -2.45. The van der Waals surface area contributed by atoms with Gasteiger partial charge >= 0.3 is 0 Å². The number of hydrogen-bond donors (Lipinski definition) is 1. The lowest BCUT2D eigenvalue weighted by atomic mass is 10.4. The molecule has 0 fully saturated rings. The number of halogens is 2. The predicted molar refractivity (Wildman–Crippen MR) is 40.9 cm³/mol. The molecule has 0 spiro atoms. The summed E-state index contributed by atoms with van der Waals surface area (Å²) >= 11 is 0. The second kappa shape index (κ2) is 4.15. The summed E-state index contributed by atoms with van der Waals surface area (Å²) in [7, 11) is 0. The molecule has 5 heteroatoms. The van der Waals surface area contributed by atoms with Crippen LogP contribution in [0.25, 0.3) is 0 Å². The van der Waals surface area contributed by atoms with Crippen molar-refractivity contribution in [3.63, 3.8) is 0 Å². The molecule has 0 saturated carbocycles. The van der Waals surface area contributed by atoms with Crippen LogP contribution in [0.4, 0.5) is 8.78 Å². The first-order chi connectivity index (χ1) is 5.75. The molecule has 1 rings (SSSR count). The van der Waals surface area contributed by atoms with Gasteiger partial charge in [-0.2, -0.15) is 5.10 Å². The maximum Gasteiger partial charge on any atom is 0.280 e. The third-order valence-corrected chi connectivity index (χ3v) is 1.55. The van der Waals surface area contributed by atoms with Crippen LogP contribution < -0.4 is 5.73 Å². The molecule has 0 saturated heterocycles. The Hall–Kier alpha value is -0.970. The topological polar surface area (TPSA) is 43.8 Å². The third kappa shape index (κ3) is 2.01. The van der Waals surface area contributed by atoms with E-state index in [0.717, 1.165) is 0 Å². The van der Waals surface area contributed by atoms with Crippen molar-refractivity contribution in [2.75, 3.05) is 6.54 Å². The number of hydrogen-bond acceptors (Lipinski definition) is 2. The van der Waals surface area contributed by atoms with Gasteiger partial charge in [-0.25, -0.2) is 8.78 Å². The van der Waals surface area contributed by atoms with E-state index >= 15 is 0 Å². The van der Waals surface area contributed by atoms with Gasteiger partial charge in [-0.05, 0) is 19.0 Å². The fourth-order valence-corrected chi connectivity index (χ4v) is 0.956. The zero-order valence-corrected chi connectivity index (χ0v) is 6.58. The number of aryl methyl sites for hydroxylation is 1. The van der Waals surface area contributed by atoms with Crippen LogP contribution in [-0.2, 0) is 6.54 Å². The zero-order chi connectivity index (χ0) is 8.97. The van der Waals surface area contributed by atoms with Gasteiger partial charge in [0.15, 0.2) is 0 Å². The van der Waals surface area contributed by atoms with E-state index in [4.69, 9.17) is 5.73 Å². The molecular formula is C7H11F2N3. The molecule has 0 bridgehead atoms. The van der Waals surface area contributed by atoms with E-state index in [1.54, 1.807) is 0 Å². The Balaban J connectivity index is 2.64. The Bertz CT molecular complexity index is 234. The van der Waals surface area contributed by atoms with Gasteiger partial charge in [-0.15, -0.1) is 0 Å². The van der Waals surface area contributed by atoms with Crippen molar-refractivity contribution >= 4 is 0 Å². The Morgan fingerprint density at radius 3 is 2.92 bits per heavy atom. The molecule has 0 atom stereocenters. The number of aromatic nitrogens is 2. The SMILES string of the molecule is NCCCn1nccc1C(F)F. The summed E-state index contributed by atoms with van der Waals surface area (Å²) in [5.41, 5.74) is 5.20. The highest BCUT2D eigenvalue weighted by Gasteiger charge is 2.11. The molecular weight excluding hydrogens is 164 g/mol. The lowest BCUT2D eigenvalue weighted by Gasteiger charge is -2.04. The monoisotopic (exact) mass is 175 g/mol. The Morgan fingerprint density at radius 1 is 1.58 bits per heavy atom. The molecule has 0 aliphatic carbocycles. The molecule has 1 aromatic heterocycles. The quantitative estimate of drug-likeness (QED) is 0.746. The maximum absolute atomic E-state index is 12.2. The van der Waals surface area contributed by atoms with Gasteiger partial charge in [0, 0.05) is 12.7 Å².